The van der Waals surface area contributed by atoms with Gasteiger partial charge in [0.15, 0.2) is 0 Å². The summed E-state index contributed by atoms with van der Waals surface area (Å²) >= 11 is 0.503. The predicted octanol–water partition coefficient (Wildman–Crippen LogP) is 3.94. The van der Waals surface area contributed by atoms with Crippen LogP contribution in [0.4, 0.5) is 40.8 Å². The molecule has 2 N–H and O–H groups in total. The van der Waals surface area contributed by atoms with E-state index in [4.69, 9.17) is 5.73 Å². The van der Waals surface area contributed by atoms with Gasteiger partial charge in [-0.1, -0.05) is 0 Å². The van der Waals surface area contributed by atoms with E-state index in [-0.39, 0.29) is 36.4 Å². The van der Waals surface area contributed by atoms with Crippen LogP contribution in [-0.2, 0) is 17.3 Å². The summed E-state index contributed by atoms with van der Waals surface area (Å²) in [6.07, 6.45) is -5.88. The number of pyridine rings is 1. The van der Waals surface area contributed by atoms with E-state index < -0.39 is 67.6 Å². The van der Waals surface area contributed by atoms with Gasteiger partial charge in [0.2, 0.25) is 17.0 Å². The van der Waals surface area contributed by atoms with Crippen molar-refractivity contribution in [2.45, 2.75) is 47.5 Å². The maximum absolute atomic E-state index is 15.2. The Balaban J connectivity index is 1.81. The summed E-state index contributed by atoms with van der Waals surface area (Å²) in [5.74, 6) is -15.9. The molecule has 3 heterocycles. The second-order valence-electron chi connectivity index (χ2n) is 8.96. The van der Waals surface area contributed by atoms with Crippen LogP contribution in [0, 0.1) is 15.9 Å². The molecule has 0 spiro atoms. The highest BCUT2D eigenvalue weighted by molar-refractivity contribution is 7.99. The maximum atomic E-state index is 15.2. The Labute approximate surface area is 238 Å². The first-order chi connectivity index (χ1) is 20.0. The molecule has 12 nitrogen and oxygen atoms in total. The smallest absolute Gasteiger partial charge is 0.366 e. The number of hydrogen-bond acceptors (Lipinski definition) is 9. The van der Waals surface area contributed by atoms with Crippen LogP contribution in [0.5, 0.6) is 0 Å². The number of hydrogen-bond donors (Lipinski definition) is 1. The molecule has 230 valence electrons. The molecule has 0 atom stereocenters. The Bertz CT molecular complexity index is 1600. The van der Waals surface area contributed by atoms with Gasteiger partial charge in [0.25, 0.3) is 5.69 Å². The average Bonchev–Trinajstić information content (AvgIpc) is 3.54. The molecular weight excluding hydrogens is 624 g/mol. The van der Waals surface area contributed by atoms with Crippen molar-refractivity contribution >= 4 is 29.3 Å². The van der Waals surface area contributed by atoms with Crippen molar-refractivity contribution in [3.63, 3.8) is 0 Å². The Morgan fingerprint density at radius 1 is 1.12 bits per heavy atom. The Morgan fingerprint density at radius 2 is 1.81 bits per heavy atom. The highest BCUT2D eigenvalue weighted by Gasteiger charge is 2.73. The van der Waals surface area contributed by atoms with E-state index in [2.05, 4.69) is 20.5 Å². The molecule has 3 aromatic rings. The average molecular weight is 640 g/mol. The van der Waals surface area contributed by atoms with E-state index in [0.29, 0.717) is 43.3 Å². The number of rotatable bonds is 10. The van der Waals surface area contributed by atoms with Crippen LogP contribution >= 0.6 is 11.8 Å². The van der Waals surface area contributed by atoms with E-state index in [9.17, 15) is 50.4 Å². The van der Waals surface area contributed by atoms with Crippen LogP contribution in [0.1, 0.15) is 28.8 Å². The van der Waals surface area contributed by atoms with Gasteiger partial charge in [-0.25, -0.2) is 9.07 Å². The summed E-state index contributed by atoms with van der Waals surface area (Å²) in [5, 5.41) is 22.4. The quantitative estimate of drug-likeness (QED) is 0.196. The summed E-state index contributed by atoms with van der Waals surface area (Å²) in [4.78, 5) is 39.1. The number of likely N-dealkylation sites (tertiary alicyclic amines) is 1. The van der Waals surface area contributed by atoms with Crippen molar-refractivity contribution in [2.24, 2.45) is 5.73 Å². The fraction of sp³-hybridized carbons (Fsp3) is 0.364. The number of primary amides is 1. The van der Waals surface area contributed by atoms with Crippen molar-refractivity contribution in [1.29, 1.82) is 0 Å². The van der Waals surface area contributed by atoms with Crippen LogP contribution in [0.15, 0.2) is 34.4 Å². The molecule has 0 unspecified atom stereocenters. The number of carbonyl (C=O) groups is 2. The van der Waals surface area contributed by atoms with Crippen LogP contribution in [0.2, 0.25) is 0 Å². The molecule has 21 heteroatoms. The van der Waals surface area contributed by atoms with Gasteiger partial charge in [0, 0.05) is 53.9 Å². The lowest BCUT2D eigenvalue weighted by Gasteiger charge is -2.28. The van der Waals surface area contributed by atoms with Crippen molar-refractivity contribution in [2.75, 3.05) is 13.1 Å². The minimum absolute atomic E-state index is 0.0269. The summed E-state index contributed by atoms with van der Waals surface area (Å²) in [5.41, 5.74) is 0.0767. The minimum Gasteiger partial charge on any atom is -0.366 e. The standard InChI is InChI=1S/C22H16F8N8O4S/c23-14-6-10(20(24,25)21(26,27)22(28,29)30)9-32-16(14)12-7-11(38(41)42)8-13(18(31)40)17(12)43-19-33-34-35-37(19)5-4-36-3-1-2-15(36)39/h6-9H,1-5H2,(H2,31,40). The summed E-state index contributed by atoms with van der Waals surface area (Å²) in [7, 11) is 0. The minimum atomic E-state index is -6.71. The fourth-order valence-corrected chi connectivity index (χ4v) is 5.04. The molecule has 0 aliphatic carbocycles. The molecule has 1 aliphatic heterocycles. The van der Waals surface area contributed by atoms with Gasteiger partial charge in [0.1, 0.15) is 11.5 Å². The zero-order valence-electron chi connectivity index (χ0n) is 21.1. The first-order valence-corrected chi connectivity index (χ1v) is 12.6. The number of benzene rings is 1. The highest BCUT2D eigenvalue weighted by atomic mass is 32.2. The van der Waals surface area contributed by atoms with Crippen molar-refractivity contribution < 1.29 is 49.6 Å². The molecule has 2 aromatic heterocycles. The van der Waals surface area contributed by atoms with Crippen LogP contribution in [0.25, 0.3) is 11.3 Å². The molecule has 1 saturated heterocycles. The number of non-ortho nitro benzene ring substituents is 1. The van der Waals surface area contributed by atoms with E-state index in [1.165, 1.54) is 9.58 Å². The van der Waals surface area contributed by atoms with Crippen molar-refractivity contribution in [3.8, 4) is 11.3 Å². The molecule has 43 heavy (non-hydrogen) atoms. The maximum Gasteiger partial charge on any atom is 0.460 e. The number of nitro benzene ring substituents is 1. The number of nitrogens with zero attached hydrogens (tertiary/aromatic N) is 7. The van der Waals surface area contributed by atoms with Crippen LogP contribution in [-0.4, -0.2) is 72.0 Å². The lowest BCUT2D eigenvalue weighted by atomic mass is 10.0. The summed E-state index contributed by atoms with van der Waals surface area (Å²) < 4.78 is 110. The second-order valence-corrected chi connectivity index (χ2v) is 9.94. The monoisotopic (exact) mass is 640 g/mol. The van der Waals surface area contributed by atoms with Gasteiger partial charge >= 0.3 is 18.0 Å². The van der Waals surface area contributed by atoms with Crippen LogP contribution in [0.3, 0.4) is 0 Å². The third-order valence-corrected chi connectivity index (χ3v) is 7.32. The van der Waals surface area contributed by atoms with Gasteiger partial charge < -0.3 is 10.6 Å². The molecule has 0 saturated carbocycles. The van der Waals surface area contributed by atoms with Gasteiger partial charge in [-0.05, 0) is 34.7 Å². The van der Waals surface area contributed by atoms with Gasteiger partial charge in [0.05, 0.1) is 17.0 Å². The van der Waals surface area contributed by atoms with Gasteiger partial charge in [-0.15, -0.1) is 5.10 Å². The normalized spacial score (nSPS) is 14.4. The Hall–Kier alpha value is -4.43. The number of halogens is 8. The fourth-order valence-electron chi connectivity index (χ4n) is 4.01. The highest BCUT2D eigenvalue weighted by Crippen LogP contribution is 2.52. The third kappa shape index (κ3) is 5.92. The topological polar surface area (TPSA) is 163 Å². The van der Waals surface area contributed by atoms with E-state index in [1.807, 2.05) is 0 Å². The number of nitro groups is 1. The van der Waals surface area contributed by atoms with E-state index in [1.54, 1.807) is 0 Å². The molecule has 2 amide bonds. The number of tetrazole rings is 1. The zero-order chi connectivity index (χ0) is 31.9. The molecule has 0 radical (unpaired) electrons. The molecule has 1 aliphatic rings. The number of amides is 2. The number of carbonyl (C=O) groups excluding carboxylic acids is 2. The summed E-state index contributed by atoms with van der Waals surface area (Å²) in [6, 6.07) is 1.02. The van der Waals surface area contributed by atoms with Gasteiger partial charge in [-0.3, -0.25) is 24.7 Å². The largest absolute Gasteiger partial charge is 0.460 e. The number of aromatic nitrogens is 5. The van der Waals surface area contributed by atoms with Crippen LogP contribution < -0.4 is 5.73 Å². The molecule has 1 aromatic carbocycles. The first-order valence-electron chi connectivity index (χ1n) is 11.8. The molecular formula is C22H16F8N8O4S. The van der Waals surface area contributed by atoms with Crippen molar-refractivity contribution in [3.05, 3.63) is 51.5 Å². The Morgan fingerprint density at radius 3 is 2.37 bits per heavy atom. The number of alkyl halides is 7. The van der Waals surface area contributed by atoms with E-state index in [0.717, 1.165) is 0 Å². The SMILES string of the molecule is NC(=O)c1cc([N+](=O)[O-])cc(-c2ncc(C(F)(F)C(F)(F)C(F)(F)F)cc2F)c1Sc1nnnn1CCN1CCCC1=O. The first kappa shape index (κ1) is 31.5. The predicted molar refractivity (Wildman–Crippen MR) is 127 cm³/mol. The van der Waals surface area contributed by atoms with E-state index >= 15 is 4.39 Å². The third-order valence-electron chi connectivity index (χ3n) is 6.20. The zero-order valence-corrected chi connectivity index (χ0v) is 21.9. The second kappa shape index (κ2) is 11.3. The molecule has 0 bridgehead atoms. The Kier molecular flexibility index (Phi) is 8.31. The van der Waals surface area contributed by atoms with Gasteiger partial charge in [-0.2, -0.15) is 30.7 Å². The molecule has 1 fully saturated rings. The number of nitrogens with two attached hydrogens (primary N) is 1. The molecule has 4 rings (SSSR count). The van der Waals surface area contributed by atoms with Crippen molar-refractivity contribution in [1.82, 2.24) is 30.1 Å². The summed E-state index contributed by atoms with van der Waals surface area (Å²) in [6.45, 7) is 0.678. The lowest BCUT2D eigenvalue weighted by Crippen LogP contribution is -2.50. The lowest BCUT2D eigenvalue weighted by molar-refractivity contribution is -0.384.